The molecule has 1 aromatic carbocycles. The van der Waals surface area contributed by atoms with Gasteiger partial charge in [-0.2, -0.15) is 10.5 Å². The van der Waals surface area contributed by atoms with Crippen molar-refractivity contribution in [2.24, 2.45) is 11.8 Å². The molecule has 0 bridgehead atoms. The molecule has 5 nitrogen and oxygen atoms in total. The van der Waals surface area contributed by atoms with Crippen LogP contribution in [0.3, 0.4) is 0 Å². The Hall–Kier alpha value is -2.37. The largest absolute Gasteiger partial charge is 0.486 e. The molecule has 2 atom stereocenters. The molecule has 6 heteroatoms. The Morgan fingerprint density at radius 3 is 2.63 bits per heavy atom. The Balaban J connectivity index is 2.51. The Labute approximate surface area is 114 Å². The van der Waals surface area contributed by atoms with E-state index in [1.807, 2.05) is 0 Å². The van der Waals surface area contributed by atoms with E-state index in [-0.39, 0.29) is 11.3 Å². The fourth-order valence-electron chi connectivity index (χ4n) is 1.94. The van der Waals surface area contributed by atoms with Gasteiger partial charge in [0.15, 0.2) is 11.7 Å². The van der Waals surface area contributed by atoms with Crippen LogP contribution in [0.2, 0.25) is 5.02 Å². The molecule has 0 saturated heterocycles. The molecular formula is C13H7ClN2O3. The van der Waals surface area contributed by atoms with Crippen LogP contribution in [-0.4, -0.2) is 18.2 Å². The lowest BCUT2D eigenvalue weighted by atomic mass is 9.84. The predicted molar refractivity (Wildman–Crippen MR) is 64.5 cm³/mol. The van der Waals surface area contributed by atoms with Crippen molar-refractivity contribution in [3.8, 4) is 17.9 Å². The van der Waals surface area contributed by atoms with Crippen molar-refractivity contribution in [2.75, 3.05) is 0 Å². The molecule has 0 radical (unpaired) electrons. The number of Topliss-reactive ketones (excluding diaryl/α,β-unsaturated/α-hetero) is 1. The van der Waals surface area contributed by atoms with Gasteiger partial charge in [0.25, 0.3) is 0 Å². The summed E-state index contributed by atoms with van der Waals surface area (Å²) in [5, 5.41) is 18.1. The molecule has 0 amide bonds. The highest BCUT2D eigenvalue weighted by molar-refractivity contribution is 6.31. The quantitative estimate of drug-likeness (QED) is 0.605. The molecule has 1 aromatic rings. The number of benzene rings is 1. The van der Waals surface area contributed by atoms with Crippen LogP contribution in [0.1, 0.15) is 10.4 Å². The summed E-state index contributed by atoms with van der Waals surface area (Å²) in [5.74, 6) is -2.63. The average Bonchev–Trinajstić information content (AvgIpc) is 2.40. The first-order valence-electron chi connectivity index (χ1n) is 5.37. The fraction of sp³-hybridized carbons (Fsp3) is 0.231. The molecule has 19 heavy (non-hydrogen) atoms. The monoisotopic (exact) mass is 274 g/mol. The first kappa shape index (κ1) is 13.1. The first-order valence-corrected chi connectivity index (χ1v) is 5.75. The average molecular weight is 275 g/mol. The molecule has 1 aliphatic rings. The Morgan fingerprint density at radius 1 is 1.37 bits per heavy atom. The van der Waals surface area contributed by atoms with Crippen molar-refractivity contribution in [2.45, 2.75) is 6.10 Å². The Bertz CT molecular complexity index is 616. The summed E-state index contributed by atoms with van der Waals surface area (Å²) in [4.78, 5) is 23.2. The SMILES string of the molecule is N#CC(C#N)C1Oc2cc(Cl)ccc2C(=O)C1C=O. The number of fused-ring (bicyclic) bond motifs is 1. The van der Waals surface area contributed by atoms with E-state index in [2.05, 4.69) is 0 Å². The third kappa shape index (κ3) is 2.16. The topological polar surface area (TPSA) is 90.9 Å². The maximum absolute atomic E-state index is 12.1. The summed E-state index contributed by atoms with van der Waals surface area (Å²) in [5.41, 5.74) is 0.229. The third-order valence-corrected chi connectivity index (χ3v) is 3.12. The van der Waals surface area contributed by atoms with Crippen molar-refractivity contribution >= 4 is 23.7 Å². The van der Waals surface area contributed by atoms with Crippen molar-refractivity contribution in [3.63, 3.8) is 0 Å². The molecule has 0 spiro atoms. The van der Waals surface area contributed by atoms with E-state index in [0.29, 0.717) is 11.3 Å². The minimum absolute atomic E-state index is 0.191. The summed E-state index contributed by atoms with van der Waals surface area (Å²) in [7, 11) is 0. The summed E-state index contributed by atoms with van der Waals surface area (Å²) < 4.78 is 5.45. The van der Waals surface area contributed by atoms with Gasteiger partial charge in [-0.05, 0) is 18.2 Å². The van der Waals surface area contributed by atoms with E-state index in [1.165, 1.54) is 18.2 Å². The number of carbonyl (C=O) groups excluding carboxylic acids is 2. The lowest BCUT2D eigenvalue weighted by molar-refractivity contribution is -0.112. The van der Waals surface area contributed by atoms with E-state index in [9.17, 15) is 9.59 Å². The lowest BCUT2D eigenvalue weighted by Crippen LogP contribution is -2.42. The summed E-state index contributed by atoms with van der Waals surface area (Å²) in [6, 6.07) is 7.84. The second-order valence-electron chi connectivity index (χ2n) is 3.98. The molecule has 2 rings (SSSR count). The number of nitriles is 2. The molecule has 0 aliphatic carbocycles. The number of carbonyl (C=O) groups is 2. The summed E-state index contributed by atoms with van der Waals surface area (Å²) in [6.45, 7) is 0. The zero-order valence-corrected chi connectivity index (χ0v) is 10.3. The Morgan fingerprint density at radius 2 is 2.05 bits per heavy atom. The molecule has 1 heterocycles. The van der Waals surface area contributed by atoms with Crippen molar-refractivity contribution in [3.05, 3.63) is 28.8 Å². The molecule has 0 N–H and O–H groups in total. The van der Waals surface area contributed by atoms with Crippen LogP contribution in [0.25, 0.3) is 0 Å². The van der Waals surface area contributed by atoms with Gasteiger partial charge < -0.3 is 9.53 Å². The van der Waals surface area contributed by atoms with Crippen molar-refractivity contribution in [1.29, 1.82) is 10.5 Å². The van der Waals surface area contributed by atoms with Gasteiger partial charge in [0, 0.05) is 5.02 Å². The third-order valence-electron chi connectivity index (χ3n) is 2.88. The van der Waals surface area contributed by atoms with E-state index < -0.39 is 23.7 Å². The highest BCUT2D eigenvalue weighted by Crippen LogP contribution is 2.34. The number of hydrogen-bond acceptors (Lipinski definition) is 5. The van der Waals surface area contributed by atoms with Crippen LogP contribution < -0.4 is 4.74 Å². The van der Waals surface area contributed by atoms with Gasteiger partial charge in [-0.25, -0.2) is 0 Å². The van der Waals surface area contributed by atoms with Gasteiger partial charge in [0.2, 0.25) is 0 Å². The predicted octanol–water partition coefficient (Wildman–Crippen LogP) is 1.76. The number of aldehydes is 1. The van der Waals surface area contributed by atoms with Gasteiger partial charge in [-0.15, -0.1) is 0 Å². The van der Waals surface area contributed by atoms with Crippen LogP contribution in [-0.2, 0) is 4.79 Å². The molecule has 94 valence electrons. The van der Waals surface area contributed by atoms with Crippen LogP contribution >= 0.6 is 11.6 Å². The standard InChI is InChI=1S/C13H7ClN2O3/c14-8-1-2-9-11(3-8)19-13(7(4-15)5-16)10(6-17)12(9)18/h1-3,6-7,10,13H. The lowest BCUT2D eigenvalue weighted by Gasteiger charge is -2.30. The second kappa shape index (κ2) is 5.09. The summed E-state index contributed by atoms with van der Waals surface area (Å²) >= 11 is 5.80. The fourth-order valence-corrected chi connectivity index (χ4v) is 2.10. The minimum Gasteiger partial charge on any atom is -0.486 e. The van der Waals surface area contributed by atoms with Gasteiger partial charge in [0.05, 0.1) is 17.7 Å². The van der Waals surface area contributed by atoms with Gasteiger partial charge >= 0.3 is 0 Å². The second-order valence-corrected chi connectivity index (χ2v) is 4.42. The number of nitrogens with zero attached hydrogens (tertiary/aromatic N) is 2. The normalized spacial score (nSPS) is 20.9. The Kier molecular flexibility index (Phi) is 3.50. The smallest absolute Gasteiger partial charge is 0.180 e. The highest BCUT2D eigenvalue weighted by Gasteiger charge is 2.42. The van der Waals surface area contributed by atoms with Crippen molar-refractivity contribution in [1.82, 2.24) is 0 Å². The first-order chi connectivity index (χ1) is 9.12. The number of ether oxygens (including phenoxy) is 1. The van der Waals surface area contributed by atoms with E-state index in [0.717, 1.165) is 0 Å². The molecule has 0 aromatic heterocycles. The summed E-state index contributed by atoms with van der Waals surface area (Å²) in [6.07, 6.45) is -0.697. The van der Waals surface area contributed by atoms with Crippen LogP contribution in [0.15, 0.2) is 18.2 Å². The minimum atomic E-state index is -1.20. The van der Waals surface area contributed by atoms with E-state index in [4.69, 9.17) is 26.9 Å². The van der Waals surface area contributed by atoms with Gasteiger partial charge in [-0.1, -0.05) is 11.6 Å². The zero-order valence-electron chi connectivity index (χ0n) is 9.54. The highest BCUT2D eigenvalue weighted by atomic mass is 35.5. The number of ketones is 1. The van der Waals surface area contributed by atoms with Crippen LogP contribution in [0.4, 0.5) is 0 Å². The van der Waals surface area contributed by atoms with Gasteiger partial charge in [-0.3, -0.25) is 4.79 Å². The van der Waals surface area contributed by atoms with Crippen LogP contribution in [0, 0.1) is 34.5 Å². The number of rotatable bonds is 2. The molecule has 0 saturated carbocycles. The molecule has 0 fully saturated rings. The van der Waals surface area contributed by atoms with Crippen molar-refractivity contribution < 1.29 is 14.3 Å². The number of halogens is 1. The number of hydrogen-bond donors (Lipinski definition) is 0. The van der Waals surface area contributed by atoms with Crippen LogP contribution in [0.5, 0.6) is 5.75 Å². The molecule has 1 aliphatic heterocycles. The van der Waals surface area contributed by atoms with Gasteiger partial charge in [0.1, 0.15) is 24.1 Å². The molecule has 2 unspecified atom stereocenters. The molecular weight excluding hydrogens is 268 g/mol. The van der Waals surface area contributed by atoms with E-state index >= 15 is 0 Å². The van der Waals surface area contributed by atoms with E-state index in [1.54, 1.807) is 12.1 Å². The maximum atomic E-state index is 12.1. The zero-order chi connectivity index (χ0) is 14.0. The maximum Gasteiger partial charge on any atom is 0.180 e.